The summed E-state index contributed by atoms with van der Waals surface area (Å²) >= 11 is 0. The molecule has 1 aromatic rings. The first kappa shape index (κ1) is 17.5. The van der Waals surface area contributed by atoms with Crippen LogP contribution in [0.4, 0.5) is 13.2 Å². The van der Waals surface area contributed by atoms with Gasteiger partial charge in [-0.15, -0.1) is 0 Å². The number of alkyl halides is 3. The van der Waals surface area contributed by atoms with Crippen molar-refractivity contribution in [3.8, 4) is 0 Å². The van der Waals surface area contributed by atoms with E-state index in [4.69, 9.17) is 4.74 Å². The lowest BCUT2D eigenvalue weighted by Crippen LogP contribution is -2.32. The van der Waals surface area contributed by atoms with Crippen LogP contribution in [0, 0.1) is 5.92 Å². The normalized spacial score (nSPS) is 13.3. The lowest BCUT2D eigenvalue weighted by molar-refractivity contribution is -0.145. The van der Waals surface area contributed by atoms with E-state index in [-0.39, 0.29) is 6.61 Å². The molecule has 0 fully saturated rings. The molecule has 0 bridgehead atoms. The van der Waals surface area contributed by atoms with E-state index in [1.165, 1.54) is 12.1 Å². The van der Waals surface area contributed by atoms with Crippen LogP contribution >= 0.6 is 0 Å². The van der Waals surface area contributed by atoms with Gasteiger partial charge in [0.05, 0.1) is 12.2 Å². The molecule has 1 atom stereocenters. The second kappa shape index (κ2) is 7.45. The van der Waals surface area contributed by atoms with Gasteiger partial charge >= 0.3 is 12.1 Å². The number of benzene rings is 1. The zero-order chi connectivity index (χ0) is 16.0. The first-order valence-corrected chi connectivity index (χ1v) is 6.82. The average Bonchev–Trinajstić information content (AvgIpc) is 2.38. The number of carbonyl (C=O) groups excluding carboxylic acids is 1. The molecule has 0 saturated heterocycles. The van der Waals surface area contributed by atoms with E-state index in [9.17, 15) is 18.0 Å². The molecule has 21 heavy (non-hydrogen) atoms. The molecule has 118 valence electrons. The van der Waals surface area contributed by atoms with E-state index in [2.05, 4.69) is 5.32 Å². The van der Waals surface area contributed by atoms with Crippen LogP contribution in [0.15, 0.2) is 24.3 Å². The van der Waals surface area contributed by atoms with Crippen molar-refractivity contribution >= 4 is 5.97 Å². The molecule has 0 spiro atoms. The lowest BCUT2D eigenvalue weighted by atomic mass is 10.0. The average molecular weight is 303 g/mol. The van der Waals surface area contributed by atoms with Gasteiger partial charge in [0.25, 0.3) is 0 Å². The van der Waals surface area contributed by atoms with Gasteiger partial charge in [-0.3, -0.25) is 0 Å². The summed E-state index contributed by atoms with van der Waals surface area (Å²) in [6, 6.07) is 3.79. The Morgan fingerprint density at radius 1 is 1.24 bits per heavy atom. The van der Waals surface area contributed by atoms with Gasteiger partial charge in [0.15, 0.2) is 0 Å². The highest BCUT2D eigenvalue weighted by molar-refractivity contribution is 5.77. The number of carbonyl (C=O) groups is 1. The van der Waals surface area contributed by atoms with Crippen molar-refractivity contribution in [3.63, 3.8) is 0 Å². The molecule has 1 rings (SSSR count). The van der Waals surface area contributed by atoms with Crippen molar-refractivity contribution < 1.29 is 22.7 Å². The molecule has 0 heterocycles. The molecular weight excluding hydrogens is 283 g/mol. The van der Waals surface area contributed by atoms with Crippen molar-refractivity contribution in [1.29, 1.82) is 0 Å². The molecule has 0 radical (unpaired) electrons. The van der Waals surface area contributed by atoms with Crippen molar-refractivity contribution in [1.82, 2.24) is 5.32 Å². The molecule has 1 N–H and O–H groups in total. The second-order valence-corrected chi connectivity index (χ2v) is 5.11. The number of hydrogen-bond acceptors (Lipinski definition) is 3. The van der Waals surface area contributed by atoms with Gasteiger partial charge in [0.1, 0.15) is 6.04 Å². The number of ether oxygens (including phenoxy) is 1. The molecular formula is C15H20F3NO2. The highest BCUT2D eigenvalue weighted by Gasteiger charge is 2.31. The van der Waals surface area contributed by atoms with Gasteiger partial charge < -0.3 is 10.1 Å². The van der Waals surface area contributed by atoms with E-state index < -0.39 is 23.8 Å². The van der Waals surface area contributed by atoms with Crippen molar-refractivity contribution in [2.75, 3.05) is 13.2 Å². The highest BCUT2D eigenvalue weighted by Crippen LogP contribution is 2.30. The Morgan fingerprint density at radius 3 is 2.24 bits per heavy atom. The van der Waals surface area contributed by atoms with Gasteiger partial charge in [-0.2, -0.15) is 13.2 Å². The molecule has 3 nitrogen and oxygen atoms in total. The van der Waals surface area contributed by atoms with Gasteiger partial charge in [0.2, 0.25) is 0 Å². The van der Waals surface area contributed by atoms with E-state index in [0.717, 1.165) is 12.1 Å². The third kappa shape index (κ3) is 5.38. The summed E-state index contributed by atoms with van der Waals surface area (Å²) in [5.41, 5.74) is -0.278. The smallest absolute Gasteiger partial charge is 0.416 e. The summed E-state index contributed by atoms with van der Waals surface area (Å²) in [5.74, 6) is -0.186. The maximum atomic E-state index is 12.5. The van der Waals surface area contributed by atoms with Crippen molar-refractivity contribution in [2.45, 2.75) is 33.0 Å². The monoisotopic (exact) mass is 303 g/mol. The molecule has 0 amide bonds. The van der Waals surface area contributed by atoms with Gasteiger partial charge in [-0.05, 0) is 37.1 Å². The minimum Gasteiger partial charge on any atom is -0.465 e. The van der Waals surface area contributed by atoms with E-state index >= 15 is 0 Å². The standard InChI is InChI=1S/C15H20F3NO2/c1-4-21-14(20)13(19-9-10(2)3)11-5-7-12(8-6-11)15(16,17)18/h5-8,10,13,19H,4,9H2,1-3H3. The van der Waals surface area contributed by atoms with Crippen LogP contribution in [0.5, 0.6) is 0 Å². The summed E-state index contributed by atoms with van der Waals surface area (Å²) in [4.78, 5) is 11.9. The molecule has 0 aromatic heterocycles. The van der Waals surface area contributed by atoms with Crippen molar-refractivity contribution in [3.05, 3.63) is 35.4 Å². The SMILES string of the molecule is CCOC(=O)C(NCC(C)C)c1ccc(C(F)(F)F)cc1. The summed E-state index contributed by atoms with van der Waals surface area (Å²) in [5, 5.41) is 3.02. The number of nitrogens with one attached hydrogen (secondary N) is 1. The first-order chi connectivity index (χ1) is 9.75. The predicted molar refractivity (Wildman–Crippen MR) is 73.7 cm³/mol. The van der Waals surface area contributed by atoms with Crippen LogP contribution in [0.1, 0.15) is 37.9 Å². The zero-order valence-electron chi connectivity index (χ0n) is 12.3. The van der Waals surface area contributed by atoms with Gasteiger partial charge in [0, 0.05) is 0 Å². The number of hydrogen-bond donors (Lipinski definition) is 1. The van der Waals surface area contributed by atoms with Gasteiger partial charge in [-0.1, -0.05) is 26.0 Å². The maximum absolute atomic E-state index is 12.5. The fraction of sp³-hybridized carbons (Fsp3) is 0.533. The highest BCUT2D eigenvalue weighted by atomic mass is 19.4. The quantitative estimate of drug-likeness (QED) is 0.817. The predicted octanol–water partition coefficient (Wildman–Crippen LogP) is 3.56. The molecule has 0 aliphatic rings. The summed E-state index contributed by atoms with van der Waals surface area (Å²) in [7, 11) is 0. The molecule has 0 aliphatic carbocycles. The third-order valence-electron chi connectivity index (χ3n) is 2.82. The molecule has 6 heteroatoms. The second-order valence-electron chi connectivity index (χ2n) is 5.11. The van der Waals surface area contributed by atoms with Crippen molar-refractivity contribution in [2.24, 2.45) is 5.92 Å². The maximum Gasteiger partial charge on any atom is 0.416 e. The minimum atomic E-state index is -4.39. The third-order valence-corrected chi connectivity index (χ3v) is 2.82. The molecule has 1 aromatic carbocycles. The minimum absolute atomic E-state index is 0.222. The van der Waals surface area contributed by atoms with E-state index in [1.54, 1.807) is 6.92 Å². The summed E-state index contributed by atoms with van der Waals surface area (Å²) < 4.78 is 42.6. The Hall–Kier alpha value is -1.56. The number of halogens is 3. The van der Waals surface area contributed by atoms with Crippen LogP contribution in [-0.4, -0.2) is 19.1 Å². The summed E-state index contributed by atoms with van der Waals surface area (Å²) in [6.07, 6.45) is -4.39. The Balaban J connectivity index is 2.94. The Bertz CT molecular complexity index is 455. The Morgan fingerprint density at radius 2 is 1.81 bits per heavy atom. The van der Waals surface area contributed by atoms with Crippen LogP contribution in [0.25, 0.3) is 0 Å². The fourth-order valence-corrected chi connectivity index (χ4v) is 1.78. The van der Waals surface area contributed by atoms with Crippen LogP contribution in [0.3, 0.4) is 0 Å². The number of esters is 1. The van der Waals surface area contributed by atoms with Crippen LogP contribution < -0.4 is 5.32 Å². The Labute approximate surface area is 122 Å². The van der Waals surface area contributed by atoms with Gasteiger partial charge in [-0.25, -0.2) is 4.79 Å². The van der Waals surface area contributed by atoms with E-state index in [0.29, 0.717) is 18.0 Å². The number of rotatable bonds is 6. The van der Waals surface area contributed by atoms with E-state index in [1.807, 2.05) is 13.8 Å². The first-order valence-electron chi connectivity index (χ1n) is 6.82. The fourth-order valence-electron chi connectivity index (χ4n) is 1.78. The zero-order valence-corrected chi connectivity index (χ0v) is 12.3. The van der Waals surface area contributed by atoms with Crippen LogP contribution in [0.2, 0.25) is 0 Å². The Kier molecular flexibility index (Phi) is 6.20. The molecule has 0 saturated carbocycles. The lowest BCUT2D eigenvalue weighted by Gasteiger charge is -2.19. The van der Waals surface area contributed by atoms with Crippen LogP contribution in [-0.2, 0) is 15.7 Å². The molecule has 1 unspecified atom stereocenters. The summed E-state index contributed by atoms with van der Waals surface area (Å²) in [6.45, 7) is 6.41. The largest absolute Gasteiger partial charge is 0.465 e. The molecule has 0 aliphatic heterocycles. The topological polar surface area (TPSA) is 38.3 Å².